The highest BCUT2D eigenvalue weighted by molar-refractivity contribution is 6.31. The van der Waals surface area contributed by atoms with Gasteiger partial charge in [-0.2, -0.15) is 5.10 Å². The Bertz CT molecular complexity index is 381. The predicted octanol–water partition coefficient (Wildman–Crippen LogP) is 2.18. The lowest BCUT2D eigenvalue weighted by molar-refractivity contribution is 0.140. The average Bonchev–Trinajstić information content (AvgIpc) is 2.78. The first kappa shape index (κ1) is 17.4. The molecule has 0 aliphatic carbocycles. The van der Waals surface area contributed by atoms with Crippen molar-refractivity contribution in [3.05, 3.63) is 16.9 Å². The van der Waals surface area contributed by atoms with Crippen molar-refractivity contribution < 1.29 is 4.74 Å². The molecule has 20 heavy (non-hydrogen) atoms. The van der Waals surface area contributed by atoms with E-state index in [1.807, 2.05) is 18.7 Å². The summed E-state index contributed by atoms with van der Waals surface area (Å²) in [6.45, 7) is 5.37. The quantitative estimate of drug-likeness (QED) is 0.673. The Morgan fingerprint density at radius 1 is 1.50 bits per heavy atom. The van der Waals surface area contributed by atoms with Gasteiger partial charge in [0.05, 0.1) is 29.5 Å². The third-order valence-corrected chi connectivity index (χ3v) is 3.55. The van der Waals surface area contributed by atoms with Gasteiger partial charge in [-0.25, -0.2) is 0 Å². The van der Waals surface area contributed by atoms with Crippen LogP contribution in [0.2, 0.25) is 5.02 Å². The summed E-state index contributed by atoms with van der Waals surface area (Å²) in [4.78, 5) is 2.14. The zero-order valence-electron chi connectivity index (χ0n) is 13.0. The number of rotatable bonds is 10. The van der Waals surface area contributed by atoms with Gasteiger partial charge in [0.1, 0.15) is 0 Å². The average molecular weight is 303 g/mol. The van der Waals surface area contributed by atoms with Crippen LogP contribution >= 0.6 is 11.6 Å². The molecule has 6 heteroatoms. The third-order valence-electron chi connectivity index (χ3n) is 3.26. The number of hydrogen-bond donors (Lipinski definition) is 1. The monoisotopic (exact) mass is 302 g/mol. The van der Waals surface area contributed by atoms with Gasteiger partial charge >= 0.3 is 0 Å². The summed E-state index contributed by atoms with van der Waals surface area (Å²) in [5.74, 6) is 0. The van der Waals surface area contributed by atoms with E-state index in [9.17, 15) is 0 Å². The van der Waals surface area contributed by atoms with Gasteiger partial charge in [-0.1, -0.05) is 11.6 Å². The van der Waals surface area contributed by atoms with Crippen LogP contribution in [-0.2, 0) is 11.3 Å². The maximum Gasteiger partial charge on any atom is 0.0834 e. The van der Waals surface area contributed by atoms with Crippen LogP contribution in [0.4, 0.5) is 0 Å². The summed E-state index contributed by atoms with van der Waals surface area (Å²) in [6.07, 6.45) is 3.73. The highest BCUT2D eigenvalue weighted by Crippen LogP contribution is 2.26. The van der Waals surface area contributed by atoms with E-state index in [1.165, 1.54) is 0 Å². The van der Waals surface area contributed by atoms with E-state index in [4.69, 9.17) is 16.3 Å². The van der Waals surface area contributed by atoms with Gasteiger partial charge in [0.15, 0.2) is 0 Å². The molecule has 0 spiro atoms. The molecular formula is C14H27ClN4O. The SMILES string of the molecule is CCOCCCC(NC)c1c(Cl)cnn1CCN(C)C. The number of hydrogen-bond acceptors (Lipinski definition) is 4. The summed E-state index contributed by atoms with van der Waals surface area (Å²) < 4.78 is 7.40. The molecule has 1 heterocycles. The third kappa shape index (κ3) is 5.40. The maximum atomic E-state index is 6.31. The van der Waals surface area contributed by atoms with E-state index in [2.05, 4.69) is 29.4 Å². The molecule has 5 nitrogen and oxygen atoms in total. The molecule has 1 atom stereocenters. The van der Waals surface area contributed by atoms with Crippen molar-refractivity contribution in [1.29, 1.82) is 0 Å². The number of halogens is 1. The summed E-state index contributed by atoms with van der Waals surface area (Å²) in [5.41, 5.74) is 1.08. The molecule has 0 aliphatic rings. The Labute approximate surface area is 127 Å². The highest BCUT2D eigenvalue weighted by Gasteiger charge is 2.18. The van der Waals surface area contributed by atoms with Crippen molar-refractivity contribution >= 4 is 11.6 Å². The van der Waals surface area contributed by atoms with Gasteiger partial charge in [-0.15, -0.1) is 0 Å². The standard InChI is InChI=1S/C14H27ClN4O/c1-5-20-10-6-7-13(16-2)14-12(15)11-17-19(14)9-8-18(3)4/h11,13,16H,5-10H2,1-4H3. The maximum absolute atomic E-state index is 6.31. The molecule has 0 saturated heterocycles. The normalized spacial score (nSPS) is 13.1. The molecule has 0 fully saturated rings. The summed E-state index contributed by atoms with van der Waals surface area (Å²) in [5, 5.41) is 8.46. The van der Waals surface area contributed by atoms with Crippen molar-refractivity contribution in [2.24, 2.45) is 0 Å². The van der Waals surface area contributed by atoms with Crippen molar-refractivity contribution in [2.45, 2.75) is 32.4 Å². The minimum Gasteiger partial charge on any atom is -0.382 e. The van der Waals surface area contributed by atoms with E-state index < -0.39 is 0 Å². The number of nitrogens with zero attached hydrogens (tertiary/aromatic N) is 3. The number of aromatic nitrogens is 2. The van der Waals surface area contributed by atoms with Crippen molar-refractivity contribution in [3.8, 4) is 0 Å². The highest BCUT2D eigenvalue weighted by atomic mass is 35.5. The molecule has 1 unspecified atom stereocenters. The molecule has 1 aromatic heterocycles. The second-order valence-corrected chi connectivity index (χ2v) is 5.49. The van der Waals surface area contributed by atoms with Crippen LogP contribution in [0.15, 0.2) is 6.20 Å². The Morgan fingerprint density at radius 3 is 2.85 bits per heavy atom. The van der Waals surface area contributed by atoms with Crippen LogP contribution in [-0.4, -0.2) is 55.6 Å². The Morgan fingerprint density at radius 2 is 2.25 bits per heavy atom. The fraction of sp³-hybridized carbons (Fsp3) is 0.786. The van der Waals surface area contributed by atoms with Crippen LogP contribution in [0.25, 0.3) is 0 Å². The van der Waals surface area contributed by atoms with Gasteiger partial charge in [-0.05, 0) is 40.9 Å². The lowest BCUT2D eigenvalue weighted by atomic mass is 10.1. The first-order valence-corrected chi connectivity index (χ1v) is 7.58. The molecule has 0 amide bonds. The molecule has 0 bridgehead atoms. The van der Waals surface area contributed by atoms with E-state index in [0.717, 1.165) is 49.9 Å². The van der Waals surface area contributed by atoms with Crippen LogP contribution in [0.1, 0.15) is 31.5 Å². The zero-order valence-corrected chi connectivity index (χ0v) is 13.8. The smallest absolute Gasteiger partial charge is 0.0834 e. The lowest BCUT2D eigenvalue weighted by Gasteiger charge is -2.19. The lowest BCUT2D eigenvalue weighted by Crippen LogP contribution is -2.25. The predicted molar refractivity (Wildman–Crippen MR) is 83.3 cm³/mol. The minimum atomic E-state index is 0.215. The Hall–Kier alpha value is -0.620. The number of ether oxygens (including phenoxy) is 1. The van der Waals surface area contributed by atoms with Crippen LogP contribution < -0.4 is 5.32 Å². The topological polar surface area (TPSA) is 42.3 Å². The van der Waals surface area contributed by atoms with E-state index in [1.54, 1.807) is 6.20 Å². The van der Waals surface area contributed by atoms with Crippen LogP contribution in [0.3, 0.4) is 0 Å². The fourth-order valence-corrected chi connectivity index (χ4v) is 2.42. The van der Waals surface area contributed by atoms with E-state index in [-0.39, 0.29) is 6.04 Å². The zero-order chi connectivity index (χ0) is 15.0. The van der Waals surface area contributed by atoms with Crippen molar-refractivity contribution in [1.82, 2.24) is 20.0 Å². The van der Waals surface area contributed by atoms with Crippen molar-refractivity contribution in [3.63, 3.8) is 0 Å². The summed E-state index contributed by atoms with van der Waals surface area (Å²) >= 11 is 6.31. The molecular weight excluding hydrogens is 276 g/mol. The molecule has 1 aromatic rings. The van der Waals surface area contributed by atoms with E-state index >= 15 is 0 Å². The van der Waals surface area contributed by atoms with Gasteiger partial charge < -0.3 is 15.0 Å². The second kappa shape index (κ2) is 9.34. The van der Waals surface area contributed by atoms with Crippen LogP contribution in [0.5, 0.6) is 0 Å². The second-order valence-electron chi connectivity index (χ2n) is 5.08. The van der Waals surface area contributed by atoms with Gasteiger partial charge in [0.2, 0.25) is 0 Å². The Kier molecular flexibility index (Phi) is 8.14. The summed E-state index contributed by atoms with van der Waals surface area (Å²) in [6, 6.07) is 0.215. The number of nitrogens with one attached hydrogen (secondary N) is 1. The number of likely N-dealkylation sites (N-methyl/N-ethyl adjacent to an activating group) is 1. The molecule has 116 valence electrons. The first-order chi connectivity index (χ1) is 9.60. The van der Waals surface area contributed by atoms with Gasteiger partial charge in [0.25, 0.3) is 0 Å². The van der Waals surface area contributed by atoms with Gasteiger partial charge in [-0.3, -0.25) is 4.68 Å². The molecule has 0 radical (unpaired) electrons. The van der Waals surface area contributed by atoms with E-state index in [0.29, 0.717) is 0 Å². The fourth-order valence-electron chi connectivity index (χ4n) is 2.14. The van der Waals surface area contributed by atoms with Crippen LogP contribution in [0, 0.1) is 0 Å². The molecule has 1 N–H and O–H groups in total. The molecule has 0 aliphatic heterocycles. The first-order valence-electron chi connectivity index (χ1n) is 7.21. The largest absolute Gasteiger partial charge is 0.382 e. The Balaban J connectivity index is 2.67. The van der Waals surface area contributed by atoms with Gasteiger partial charge in [0, 0.05) is 19.8 Å². The molecule has 1 rings (SSSR count). The molecule has 0 aromatic carbocycles. The molecule has 0 saturated carbocycles. The van der Waals surface area contributed by atoms with Crippen molar-refractivity contribution in [2.75, 3.05) is 40.9 Å². The summed E-state index contributed by atoms with van der Waals surface area (Å²) in [7, 11) is 6.08. The minimum absolute atomic E-state index is 0.215.